The molecule has 4 rings (SSSR count). The number of hydrogen-bond acceptors (Lipinski definition) is 7. The Morgan fingerprint density at radius 1 is 1.15 bits per heavy atom. The van der Waals surface area contributed by atoms with E-state index in [4.69, 9.17) is 16.2 Å². The van der Waals surface area contributed by atoms with Gasteiger partial charge in [-0.2, -0.15) is 13.2 Å². The molecule has 40 heavy (non-hydrogen) atoms. The third-order valence-electron chi connectivity index (χ3n) is 5.70. The van der Waals surface area contributed by atoms with Gasteiger partial charge in [-0.05, 0) is 72.7 Å². The van der Waals surface area contributed by atoms with E-state index in [0.717, 1.165) is 11.8 Å². The van der Waals surface area contributed by atoms with Crippen LogP contribution in [0.1, 0.15) is 13.9 Å². The molecule has 1 aliphatic heterocycles. The number of halogens is 3. The summed E-state index contributed by atoms with van der Waals surface area (Å²) >= 11 is 2.10. The number of pyridine rings is 1. The van der Waals surface area contributed by atoms with Gasteiger partial charge in [0, 0.05) is 49.8 Å². The number of aromatic nitrogens is 1. The van der Waals surface area contributed by atoms with E-state index >= 15 is 0 Å². The van der Waals surface area contributed by atoms with Crippen LogP contribution in [0.3, 0.4) is 0 Å². The van der Waals surface area contributed by atoms with Crippen molar-refractivity contribution in [3.05, 3.63) is 60.3 Å². The molecule has 10 nitrogen and oxygen atoms in total. The highest BCUT2D eigenvalue weighted by Crippen LogP contribution is 2.36. The fraction of sp³-hybridized carbons (Fsp3) is 0.280. The summed E-state index contributed by atoms with van der Waals surface area (Å²) < 4.78 is 67.3. The first-order valence-corrected chi connectivity index (χ1v) is 13.2. The Morgan fingerprint density at radius 3 is 2.33 bits per heavy atom. The summed E-state index contributed by atoms with van der Waals surface area (Å²) in [7, 11) is 0. The van der Waals surface area contributed by atoms with E-state index in [-0.39, 0.29) is 40.6 Å². The average molecular weight is 598 g/mol. The number of carbonyl (C=O) groups excluding carboxylic acids is 1. The molecule has 0 bridgehead atoms. The molecule has 1 saturated heterocycles. The number of carbonyl (C=O) groups is 1. The van der Waals surface area contributed by atoms with Crippen LogP contribution in [-0.2, 0) is 22.1 Å². The maximum absolute atomic E-state index is 13.2. The molecule has 0 aliphatic carbocycles. The molecule has 0 radical (unpaired) electrons. The van der Waals surface area contributed by atoms with Crippen LogP contribution >= 0.6 is 12.2 Å². The lowest BCUT2D eigenvalue weighted by Gasteiger charge is -2.36. The SMILES string of the molecule is CC(N)=NC(N)=S.O=C(COc1ccnc2c(C(F)(F)F)cccc12)N1CCN(c2ccc(S(=O)[O-])cc2)CC1.[HH]. The Bertz CT molecular complexity index is 1410. The first-order valence-electron chi connectivity index (χ1n) is 11.8. The molecule has 1 atom stereocenters. The van der Waals surface area contributed by atoms with Gasteiger partial charge in [-0.25, -0.2) is 4.99 Å². The number of amidine groups is 1. The topological polar surface area (TPSA) is 150 Å². The fourth-order valence-electron chi connectivity index (χ4n) is 3.89. The summed E-state index contributed by atoms with van der Waals surface area (Å²) in [4.78, 5) is 23.8. The van der Waals surface area contributed by atoms with Gasteiger partial charge >= 0.3 is 6.18 Å². The smallest absolute Gasteiger partial charge is 0.418 e. The Kier molecular flexibility index (Phi) is 10.4. The monoisotopic (exact) mass is 597 g/mol. The van der Waals surface area contributed by atoms with Crippen molar-refractivity contribution in [2.45, 2.75) is 18.0 Å². The minimum absolute atomic E-state index is 0. The highest BCUT2D eigenvalue weighted by atomic mass is 32.2. The Hall–Kier alpha value is -3.82. The van der Waals surface area contributed by atoms with Crippen molar-refractivity contribution in [3.63, 3.8) is 0 Å². The lowest BCUT2D eigenvalue weighted by molar-refractivity contribution is -0.136. The van der Waals surface area contributed by atoms with Crippen LogP contribution in [-0.4, -0.2) is 68.3 Å². The van der Waals surface area contributed by atoms with Crippen LogP contribution in [0.4, 0.5) is 18.9 Å². The van der Waals surface area contributed by atoms with Gasteiger partial charge in [0.1, 0.15) is 5.75 Å². The minimum atomic E-state index is -4.55. The van der Waals surface area contributed by atoms with Crippen molar-refractivity contribution in [2.75, 3.05) is 37.7 Å². The Labute approximate surface area is 237 Å². The third-order valence-corrected chi connectivity index (χ3v) is 6.45. The van der Waals surface area contributed by atoms with Crippen LogP contribution in [0, 0.1) is 0 Å². The third kappa shape index (κ3) is 8.34. The van der Waals surface area contributed by atoms with Gasteiger partial charge in [0.15, 0.2) is 11.7 Å². The van der Waals surface area contributed by atoms with Crippen molar-refractivity contribution < 1.29 is 32.9 Å². The van der Waals surface area contributed by atoms with Crippen molar-refractivity contribution in [3.8, 4) is 5.75 Å². The van der Waals surface area contributed by atoms with E-state index in [2.05, 4.69) is 22.2 Å². The van der Waals surface area contributed by atoms with Crippen molar-refractivity contribution in [2.24, 2.45) is 16.5 Å². The van der Waals surface area contributed by atoms with Gasteiger partial charge < -0.3 is 30.6 Å². The summed E-state index contributed by atoms with van der Waals surface area (Å²) in [6.45, 7) is 3.30. The predicted molar refractivity (Wildman–Crippen MR) is 151 cm³/mol. The Balaban J connectivity index is 0.000000655. The number of piperazine rings is 1. The molecule has 1 aromatic heterocycles. The molecule has 2 heterocycles. The van der Waals surface area contributed by atoms with Crippen LogP contribution in [0.25, 0.3) is 10.9 Å². The van der Waals surface area contributed by atoms with E-state index in [9.17, 15) is 26.7 Å². The zero-order chi connectivity index (χ0) is 29.4. The number of fused-ring (bicyclic) bond motifs is 1. The first-order chi connectivity index (χ1) is 18.9. The molecule has 4 N–H and O–H groups in total. The second-order valence-electron chi connectivity index (χ2n) is 8.49. The largest absolute Gasteiger partial charge is 0.768 e. The highest BCUT2D eigenvalue weighted by molar-refractivity contribution is 7.80. The summed E-state index contributed by atoms with van der Waals surface area (Å²) in [6, 6.07) is 11.6. The standard InChI is InChI=1S/C22H20F3N3O4S.C3H7N3S.H2/c23-22(24,25)18-3-1-2-17-19(8-9-26-21(17)18)32-14-20(29)28-12-10-27(11-13-28)15-4-6-16(7-5-15)33(30)31;1-2(4)6-3(5)7;/h1-9H,10-14H2,(H,30,31);1H3,(H4,4,5,6,7);1H/p-1. The molecule has 2 aromatic carbocycles. The number of para-hydroxylation sites is 1. The molecule has 0 spiro atoms. The molecular formula is C25H28F3N6O4S2-. The zero-order valence-corrected chi connectivity index (χ0v) is 22.9. The van der Waals surface area contributed by atoms with Crippen LogP contribution < -0.4 is 21.1 Å². The minimum Gasteiger partial charge on any atom is -0.768 e. The van der Waals surface area contributed by atoms with E-state index < -0.39 is 22.8 Å². The predicted octanol–water partition coefficient (Wildman–Crippen LogP) is 3.07. The number of hydrogen-bond donors (Lipinski definition) is 2. The van der Waals surface area contributed by atoms with Crippen LogP contribution in [0.2, 0.25) is 0 Å². The molecule has 0 saturated carbocycles. The average Bonchev–Trinajstić information content (AvgIpc) is 2.90. The summed E-state index contributed by atoms with van der Waals surface area (Å²) in [5.74, 6) is 0.283. The second kappa shape index (κ2) is 13.5. The van der Waals surface area contributed by atoms with E-state index in [1.807, 2.05) is 4.90 Å². The van der Waals surface area contributed by atoms with Gasteiger partial charge in [0.25, 0.3) is 5.91 Å². The van der Waals surface area contributed by atoms with Gasteiger partial charge in [0.2, 0.25) is 0 Å². The second-order valence-corrected chi connectivity index (χ2v) is 9.84. The molecule has 1 fully saturated rings. The maximum Gasteiger partial charge on any atom is 0.418 e. The van der Waals surface area contributed by atoms with Gasteiger partial charge in [0.05, 0.1) is 16.9 Å². The summed E-state index contributed by atoms with van der Waals surface area (Å²) in [6.07, 6.45) is -3.32. The first kappa shape index (κ1) is 30.7. The number of benzene rings is 2. The molecule has 1 amide bonds. The van der Waals surface area contributed by atoms with E-state index in [1.165, 1.54) is 36.5 Å². The summed E-state index contributed by atoms with van der Waals surface area (Å²) in [5.41, 5.74) is 9.81. The molecular weight excluding hydrogens is 569 g/mol. The number of thiocarbonyl (C=S) groups is 1. The fourth-order valence-corrected chi connectivity index (χ4v) is 4.39. The van der Waals surface area contributed by atoms with E-state index in [0.29, 0.717) is 32.0 Å². The zero-order valence-electron chi connectivity index (χ0n) is 21.3. The normalized spacial score (nSPS) is 14.8. The molecule has 1 aliphatic rings. The molecule has 1 unspecified atom stereocenters. The van der Waals surface area contributed by atoms with Gasteiger partial charge in [-0.3, -0.25) is 14.0 Å². The number of amides is 1. The molecule has 3 aromatic rings. The van der Waals surface area contributed by atoms with Crippen LogP contribution in [0.15, 0.2) is 64.6 Å². The number of aliphatic imine (C=N–C) groups is 1. The number of nitrogens with two attached hydrogens (primary N) is 2. The van der Waals surface area contributed by atoms with E-state index in [1.54, 1.807) is 24.0 Å². The molecule has 15 heteroatoms. The van der Waals surface area contributed by atoms with Crippen molar-refractivity contribution in [1.29, 1.82) is 0 Å². The van der Waals surface area contributed by atoms with Crippen molar-refractivity contribution >= 4 is 56.7 Å². The molecule has 216 valence electrons. The quantitative estimate of drug-likeness (QED) is 0.196. The lowest BCUT2D eigenvalue weighted by Crippen LogP contribution is -2.50. The Morgan fingerprint density at radius 2 is 1.80 bits per heavy atom. The number of nitrogens with zero attached hydrogens (tertiary/aromatic N) is 4. The summed E-state index contributed by atoms with van der Waals surface area (Å²) in [5, 5.41) is 0.271. The van der Waals surface area contributed by atoms with Gasteiger partial charge in [-0.1, -0.05) is 6.07 Å². The van der Waals surface area contributed by atoms with Crippen LogP contribution in [0.5, 0.6) is 5.75 Å². The van der Waals surface area contributed by atoms with Gasteiger partial charge in [-0.15, -0.1) is 0 Å². The number of ether oxygens (including phenoxy) is 1. The number of anilines is 1. The lowest BCUT2D eigenvalue weighted by atomic mass is 10.1. The number of rotatable bonds is 5. The highest BCUT2D eigenvalue weighted by Gasteiger charge is 2.33. The van der Waals surface area contributed by atoms with Crippen molar-refractivity contribution in [1.82, 2.24) is 9.88 Å². The maximum atomic E-state index is 13.2. The number of alkyl halides is 3.